The molecule has 110 valence electrons. The van der Waals surface area contributed by atoms with Gasteiger partial charge in [-0.25, -0.2) is 0 Å². The van der Waals surface area contributed by atoms with E-state index in [1.165, 1.54) is 0 Å². The van der Waals surface area contributed by atoms with E-state index in [-0.39, 0.29) is 5.91 Å². The Morgan fingerprint density at radius 2 is 2.29 bits per heavy atom. The van der Waals surface area contributed by atoms with Gasteiger partial charge in [0.25, 0.3) is 5.91 Å². The molecule has 4 nitrogen and oxygen atoms in total. The predicted molar refractivity (Wildman–Crippen MR) is 82.7 cm³/mol. The minimum atomic E-state index is 0.0485. The lowest BCUT2D eigenvalue weighted by molar-refractivity contribution is 0.0790. The van der Waals surface area contributed by atoms with Crippen LogP contribution in [0.5, 0.6) is 5.75 Å². The number of furan rings is 1. The van der Waals surface area contributed by atoms with Crippen LogP contribution in [0.3, 0.4) is 0 Å². The summed E-state index contributed by atoms with van der Waals surface area (Å²) in [5.74, 6) is 2.03. The normalized spacial score (nSPS) is 18.0. The second-order valence-corrected chi connectivity index (χ2v) is 5.96. The van der Waals surface area contributed by atoms with Gasteiger partial charge in [-0.1, -0.05) is 0 Å². The van der Waals surface area contributed by atoms with Crippen LogP contribution in [0.25, 0.3) is 0 Å². The Bertz CT molecular complexity index is 639. The maximum Gasteiger partial charge on any atom is 0.253 e. The SMILES string of the molecule is COc1ccc(C(=O)N2CCC(c3ccco3)C2)cc1Br. The van der Waals surface area contributed by atoms with Crippen LogP contribution in [-0.2, 0) is 0 Å². The quantitative estimate of drug-likeness (QED) is 0.848. The Morgan fingerprint density at radius 3 is 2.95 bits per heavy atom. The van der Waals surface area contributed by atoms with Crippen molar-refractivity contribution in [1.82, 2.24) is 4.90 Å². The smallest absolute Gasteiger partial charge is 0.253 e. The van der Waals surface area contributed by atoms with Crippen LogP contribution in [0, 0.1) is 0 Å². The minimum absolute atomic E-state index is 0.0485. The Labute approximate surface area is 131 Å². The van der Waals surface area contributed by atoms with Crippen molar-refractivity contribution in [2.45, 2.75) is 12.3 Å². The van der Waals surface area contributed by atoms with Gasteiger partial charge < -0.3 is 14.1 Å². The number of carbonyl (C=O) groups is 1. The number of halogens is 1. The van der Waals surface area contributed by atoms with E-state index in [2.05, 4.69) is 15.9 Å². The summed E-state index contributed by atoms with van der Waals surface area (Å²) in [4.78, 5) is 14.4. The van der Waals surface area contributed by atoms with Gasteiger partial charge >= 0.3 is 0 Å². The number of amides is 1. The van der Waals surface area contributed by atoms with Crippen molar-refractivity contribution >= 4 is 21.8 Å². The number of methoxy groups -OCH3 is 1. The van der Waals surface area contributed by atoms with Crippen LogP contribution in [0.15, 0.2) is 45.5 Å². The van der Waals surface area contributed by atoms with Gasteiger partial charge in [0.2, 0.25) is 0 Å². The van der Waals surface area contributed by atoms with Gasteiger partial charge in [0.1, 0.15) is 11.5 Å². The summed E-state index contributed by atoms with van der Waals surface area (Å²) in [6, 6.07) is 9.27. The zero-order chi connectivity index (χ0) is 14.8. The van der Waals surface area contributed by atoms with Crippen molar-refractivity contribution < 1.29 is 13.9 Å². The first-order chi connectivity index (χ1) is 10.2. The Morgan fingerprint density at radius 1 is 1.43 bits per heavy atom. The second-order valence-electron chi connectivity index (χ2n) is 5.10. The summed E-state index contributed by atoms with van der Waals surface area (Å²) in [7, 11) is 1.61. The third-order valence-electron chi connectivity index (χ3n) is 3.82. The molecule has 3 rings (SSSR count). The van der Waals surface area contributed by atoms with E-state index in [0.717, 1.165) is 28.9 Å². The lowest BCUT2D eigenvalue weighted by atomic mass is 10.1. The van der Waals surface area contributed by atoms with E-state index in [4.69, 9.17) is 9.15 Å². The fourth-order valence-electron chi connectivity index (χ4n) is 2.68. The van der Waals surface area contributed by atoms with E-state index < -0.39 is 0 Å². The zero-order valence-corrected chi connectivity index (χ0v) is 13.3. The number of ether oxygens (including phenoxy) is 1. The van der Waals surface area contributed by atoms with Crippen LogP contribution in [0.1, 0.15) is 28.5 Å². The number of benzene rings is 1. The van der Waals surface area contributed by atoms with Crippen LogP contribution in [-0.4, -0.2) is 31.0 Å². The number of rotatable bonds is 3. The molecule has 0 saturated carbocycles. The maximum absolute atomic E-state index is 12.5. The summed E-state index contributed by atoms with van der Waals surface area (Å²) < 4.78 is 11.4. The number of nitrogens with zero attached hydrogens (tertiary/aromatic N) is 1. The van der Waals surface area contributed by atoms with Crippen molar-refractivity contribution in [1.29, 1.82) is 0 Å². The molecular weight excluding hydrogens is 334 g/mol. The molecule has 0 aliphatic carbocycles. The molecule has 2 aromatic rings. The molecule has 1 atom stereocenters. The maximum atomic E-state index is 12.5. The summed E-state index contributed by atoms with van der Waals surface area (Å²) in [6.45, 7) is 1.46. The van der Waals surface area contributed by atoms with Crippen molar-refractivity contribution in [2.75, 3.05) is 20.2 Å². The molecule has 1 fully saturated rings. The number of carbonyl (C=O) groups excluding carboxylic acids is 1. The molecule has 1 aromatic heterocycles. The molecule has 1 saturated heterocycles. The second kappa shape index (κ2) is 5.93. The summed E-state index contributed by atoms with van der Waals surface area (Å²) in [5.41, 5.74) is 0.669. The molecule has 0 N–H and O–H groups in total. The monoisotopic (exact) mass is 349 g/mol. The molecule has 1 unspecified atom stereocenters. The Kier molecular flexibility index (Phi) is 4.01. The van der Waals surface area contributed by atoms with Gasteiger partial charge in [0, 0.05) is 24.6 Å². The zero-order valence-electron chi connectivity index (χ0n) is 11.7. The summed E-state index contributed by atoms with van der Waals surface area (Å²) in [5, 5.41) is 0. The Hall–Kier alpha value is -1.75. The average molecular weight is 350 g/mol. The molecule has 5 heteroatoms. The van der Waals surface area contributed by atoms with Gasteiger partial charge in [0.05, 0.1) is 17.8 Å². The average Bonchev–Trinajstić information content (AvgIpc) is 3.17. The lowest BCUT2D eigenvalue weighted by Gasteiger charge is -2.16. The number of likely N-dealkylation sites (tertiary alicyclic amines) is 1. The first-order valence-electron chi connectivity index (χ1n) is 6.85. The highest BCUT2D eigenvalue weighted by atomic mass is 79.9. The van der Waals surface area contributed by atoms with Crippen molar-refractivity contribution in [3.63, 3.8) is 0 Å². The van der Waals surface area contributed by atoms with Crippen LogP contribution in [0.2, 0.25) is 0 Å². The van der Waals surface area contributed by atoms with E-state index >= 15 is 0 Å². The van der Waals surface area contributed by atoms with Crippen molar-refractivity contribution in [3.8, 4) is 5.75 Å². The molecule has 1 amide bonds. The van der Waals surface area contributed by atoms with E-state index in [0.29, 0.717) is 18.0 Å². The molecular formula is C16H16BrNO3. The Balaban J connectivity index is 1.73. The molecule has 1 aliphatic rings. The highest BCUT2D eigenvalue weighted by Gasteiger charge is 2.29. The fourth-order valence-corrected chi connectivity index (χ4v) is 3.22. The molecule has 0 radical (unpaired) electrons. The minimum Gasteiger partial charge on any atom is -0.496 e. The van der Waals surface area contributed by atoms with Crippen LogP contribution in [0.4, 0.5) is 0 Å². The molecule has 1 aliphatic heterocycles. The molecule has 0 spiro atoms. The first-order valence-corrected chi connectivity index (χ1v) is 7.64. The van der Waals surface area contributed by atoms with Crippen molar-refractivity contribution in [2.24, 2.45) is 0 Å². The topological polar surface area (TPSA) is 42.7 Å². The van der Waals surface area contributed by atoms with Crippen molar-refractivity contribution in [3.05, 3.63) is 52.4 Å². The van der Waals surface area contributed by atoms with E-state index in [1.54, 1.807) is 31.6 Å². The molecule has 1 aromatic carbocycles. The van der Waals surface area contributed by atoms with E-state index in [1.807, 2.05) is 17.0 Å². The third kappa shape index (κ3) is 2.83. The van der Waals surface area contributed by atoms with Gasteiger partial charge in [-0.2, -0.15) is 0 Å². The number of hydrogen-bond acceptors (Lipinski definition) is 3. The molecule has 21 heavy (non-hydrogen) atoms. The van der Waals surface area contributed by atoms with Gasteiger partial charge in [0.15, 0.2) is 0 Å². The fraction of sp³-hybridized carbons (Fsp3) is 0.312. The molecule has 2 heterocycles. The first kappa shape index (κ1) is 14.2. The lowest BCUT2D eigenvalue weighted by Crippen LogP contribution is -2.28. The largest absolute Gasteiger partial charge is 0.496 e. The van der Waals surface area contributed by atoms with Gasteiger partial charge in [-0.05, 0) is 52.7 Å². The van der Waals surface area contributed by atoms with Crippen LogP contribution < -0.4 is 4.74 Å². The highest BCUT2D eigenvalue weighted by Crippen LogP contribution is 2.30. The standard InChI is InChI=1S/C16H16BrNO3/c1-20-15-5-4-11(9-13(15)17)16(19)18-7-6-12(10-18)14-3-2-8-21-14/h2-5,8-9,12H,6-7,10H2,1H3. The highest BCUT2D eigenvalue weighted by molar-refractivity contribution is 9.10. The summed E-state index contributed by atoms with van der Waals surface area (Å²) in [6.07, 6.45) is 2.62. The third-order valence-corrected chi connectivity index (χ3v) is 4.44. The molecule has 0 bridgehead atoms. The number of hydrogen-bond donors (Lipinski definition) is 0. The van der Waals surface area contributed by atoms with Crippen LogP contribution >= 0.6 is 15.9 Å². The van der Waals surface area contributed by atoms with Gasteiger partial charge in [-0.15, -0.1) is 0 Å². The van der Waals surface area contributed by atoms with E-state index in [9.17, 15) is 4.79 Å². The predicted octanol–water partition coefficient (Wildman–Crippen LogP) is 3.68. The van der Waals surface area contributed by atoms with Gasteiger partial charge in [-0.3, -0.25) is 4.79 Å². The summed E-state index contributed by atoms with van der Waals surface area (Å²) >= 11 is 3.42.